The first-order chi connectivity index (χ1) is 5.21. The lowest BCUT2D eigenvalue weighted by atomic mass is 9.93. The molecule has 0 aromatic heterocycles. The minimum Gasteiger partial charge on any atom is -0.368 e. The van der Waals surface area contributed by atoms with Crippen LogP contribution in [-0.4, -0.2) is 18.0 Å². The first-order valence-electron chi connectivity index (χ1n) is 3.87. The van der Waals surface area contributed by atoms with E-state index in [4.69, 9.17) is 5.73 Å². The van der Waals surface area contributed by atoms with Crippen molar-refractivity contribution in [2.45, 2.75) is 24.8 Å². The maximum atomic E-state index is 11.0. The number of carbonyl (C=O) groups is 1. The molecule has 3 N–H and O–H groups in total. The van der Waals surface area contributed by atoms with Crippen molar-refractivity contribution in [3.8, 4) is 0 Å². The van der Waals surface area contributed by atoms with E-state index in [9.17, 15) is 4.79 Å². The second-order valence-corrected chi connectivity index (χ2v) is 2.97. The standard InChI is InChI=1S/C8H14N2O/c1-2-4-8(7(9)11)5-3-6-10-8/h2,10H,1,3-6H2,(H2,9,11)/t8-/m0/s1. The van der Waals surface area contributed by atoms with Gasteiger partial charge in [-0.1, -0.05) is 6.08 Å². The maximum absolute atomic E-state index is 11.0. The van der Waals surface area contributed by atoms with E-state index in [0.717, 1.165) is 19.4 Å². The van der Waals surface area contributed by atoms with Gasteiger partial charge in [0.1, 0.15) is 5.54 Å². The number of nitrogens with one attached hydrogen (secondary N) is 1. The Bertz CT molecular complexity index is 171. The molecule has 0 aromatic carbocycles. The van der Waals surface area contributed by atoms with Crippen LogP contribution in [0.4, 0.5) is 0 Å². The normalized spacial score (nSPS) is 30.2. The predicted octanol–water partition coefficient (Wildman–Crippen LogP) is 0.170. The predicted molar refractivity (Wildman–Crippen MR) is 44.0 cm³/mol. The quantitative estimate of drug-likeness (QED) is 0.569. The lowest BCUT2D eigenvalue weighted by Crippen LogP contribution is -2.51. The van der Waals surface area contributed by atoms with Crippen LogP contribution in [0.5, 0.6) is 0 Å². The van der Waals surface area contributed by atoms with Gasteiger partial charge in [0.05, 0.1) is 0 Å². The van der Waals surface area contributed by atoms with Crippen molar-refractivity contribution in [1.29, 1.82) is 0 Å². The average molecular weight is 154 g/mol. The topological polar surface area (TPSA) is 55.1 Å². The summed E-state index contributed by atoms with van der Waals surface area (Å²) >= 11 is 0. The van der Waals surface area contributed by atoms with Crippen LogP contribution in [0, 0.1) is 0 Å². The van der Waals surface area contributed by atoms with Crippen LogP contribution in [0.25, 0.3) is 0 Å². The van der Waals surface area contributed by atoms with Crippen molar-refractivity contribution in [3.05, 3.63) is 12.7 Å². The second kappa shape index (κ2) is 3.05. The van der Waals surface area contributed by atoms with E-state index in [2.05, 4.69) is 11.9 Å². The van der Waals surface area contributed by atoms with Crippen molar-refractivity contribution in [3.63, 3.8) is 0 Å². The Morgan fingerprint density at radius 3 is 2.91 bits per heavy atom. The fraction of sp³-hybridized carbons (Fsp3) is 0.625. The van der Waals surface area contributed by atoms with Gasteiger partial charge < -0.3 is 11.1 Å². The minimum absolute atomic E-state index is 0.255. The molecule has 1 heterocycles. The van der Waals surface area contributed by atoms with Gasteiger partial charge in [-0.2, -0.15) is 0 Å². The minimum atomic E-state index is -0.484. The van der Waals surface area contributed by atoms with Crippen LogP contribution in [0.3, 0.4) is 0 Å². The SMILES string of the molecule is C=CC[C@@]1(C(N)=O)CCCN1. The summed E-state index contributed by atoms with van der Waals surface area (Å²) in [6.07, 6.45) is 4.25. The maximum Gasteiger partial charge on any atom is 0.238 e. The van der Waals surface area contributed by atoms with Crippen LogP contribution < -0.4 is 11.1 Å². The molecular weight excluding hydrogens is 140 g/mol. The molecule has 1 rings (SSSR count). The molecule has 0 bridgehead atoms. The van der Waals surface area contributed by atoms with Gasteiger partial charge in [-0.25, -0.2) is 0 Å². The van der Waals surface area contributed by atoms with Crippen molar-refractivity contribution in [2.24, 2.45) is 5.73 Å². The number of hydrogen-bond acceptors (Lipinski definition) is 2. The number of primary amides is 1. The van der Waals surface area contributed by atoms with E-state index >= 15 is 0 Å². The number of amides is 1. The fourth-order valence-corrected chi connectivity index (χ4v) is 1.54. The van der Waals surface area contributed by atoms with Gasteiger partial charge in [-0.15, -0.1) is 6.58 Å². The van der Waals surface area contributed by atoms with E-state index in [1.165, 1.54) is 0 Å². The molecule has 1 saturated heterocycles. The highest BCUT2D eigenvalue weighted by atomic mass is 16.1. The number of rotatable bonds is 3. The Kier molecular flexibility index (Phi) is 2.29. The molecule has 0 saturated carbocycles. The Balaban J connectivity index is 2.69. The van der Waals surface area contributed by atoms with Crippen molar-refractivity contribution in [1.82, 2.24) is 5.32 Å². The highest BCUT2D eigenvalue weighted by Gasteiger charge is 2.37. The molecule has 0 unspecified atom stereocenters. The molecule has 11 heavy (non-hydrogen) atoms. The van der Waals surface area contributed by atoms with E-state index in [-0.39, 0.29) is 5.91 Å². The molecule has 62 valence electrons. The molecule has 0 aromatic rings. The zero-order valence-electron chi connectivity index (χ0n) is 6.60. The van der Waals surface area contributed by atoms with E-state index < -0.39 is 5.54 Å². The zero-order chi connectivity index (χ0) is 8.32. The Hall–Kier alpha value is -0.830. The number of carbonyl (C=O) groups excluding carboxylic acids is 1. The summed E-state index contributed by atoms with van der Waals surface area (Å²) < 4.78 is 0. The molecular formula is C8H14N2O. The summed E-state index contributed by atoms with van der Waals surface area (Å²) in [5, 5.41) is 3.12. The van der Waals surface area contributed by atoms with E-state index in [0.29, 0.717) is 6.42 Å². The molecule has 1 aliphatic rings. The van der Waals surface area contributed by atoms with Gasteiger partial charge in [0.2, 0.25) is 5.91 Å². The summed E-state index contributed by atoms with van der Waals surface area (Å²) in [4.78, 5) is 11.0. The van der Waals surface area contributed by atoms with Gasteiger partial charge in [-0.05, 0) is 25.8 Å². The molecule has 1 atom stereocenters. The Morgan fingerprint density at radius 2 is 2.55 bits per heavy atom. The smallest absolute Gasteiger partial charge is 0.238 e. The monoisotopic (exact) mass is 154 g/mol. The highest BCUT2D eigenvalue weighted by molar-refractivity contribution is 5.85. The largest absolute Gasteiger partial charge is 0.368 e. The van der Waals surface area contributed by atoms with E-state index in [1.54, 1.807) is 6.08 Å². The Morgan fingerprint density at radius 1 is 1.82 bits per heavy atom. The molecule has 1 amide bonds. The lowest BCUT2D eigenvalue weighted by molar-refractivity contribution is -0.123. The van der Waals surface area contributed by atoms with Crippen LogP contribution >= 0.6 is 0 Å². The average Bonchev–Trinajstić information content (AvgIpc) is 2.38. The third kappa shape index (κ3) is 1.43. The molecule has 0 spiro atoms. The molecule has 0 radical (unpaired) electrons. The zero-order valence-corrected chi connectivity index (χ0v) is 6.60. The molecule has 1 fully saturated rings. The summed E-state index contributed by atoms with van der Waals surface area (Å²) in [6.45, 7) is 4.49. The third-order valence-corrected chi connectivity index (χ3v) is 2.21. The first-order valence-corrected chi connectivity index (χ1v) is 3.87. The van der Waals surface area contributed by atoms with Gasteiger partial charge in [0.15, 0.2) is 0 Å². The summed E-state index contributed by atoms with van der Waals surface area (Å²) in [6, 6.07) is 0. The van der Waals surface area contributed by atoms with Crippen LogP contribution in [0.2, 0.25) is 0 Å². The third-order valence-electron chi connectivity index (χ3n) is 2.21. The van der Waals surface area contributed by atoms with E-state index in [1.807, 2.05) is 0 Å². The van der Waals surface area contributed by atoms with Crippen molar-refractivity contribution < 1.29 is 4.79 Å². The van der Waals surface area contributed by atoms with Crippen molar-refractivity contribution >= 4 is 5.91 Å². The molecule has 1 aliphatic heterocycles. The Labute approximate surface area is 66.6 Å². The number of hydrogen-bond donors (Lipinski definition) is 2. The van der Waals surface area contributed by atoms with Gasteiger partial charge in [-0.3, -0.25) is 4.79 Å². The van der Waals surface area contributed by atoms with Gasteiger partial charge >= 0.3 is 0 Å². The summed E-state index contributed by atoms with van der Waals surface area (Å²) in [7, 11) is 0. The van der Waals surface area contributed by atoms with Gasteiger partial charge in [0.25, 0.3) is 0 Å². The summed E-state index contributed by atoms with van der Waals surface area (Å²) in [5.74, 6) is -0.255. The lowest BCUT2D eigenvalue weighted by Gasteiger charge is -2.23. The second-order valence-electron chi connectivity index (χ2n) is 2.97. The first kappa shape index (κ1) is 8.27. The van der Waals surface area contributed by atoms with Crippen LogP contribution in [0.15, 0.2) is 12.7 Å². The summed E-state index contributed by atoms with van der Waals surface area (Å²) in [5.41, 5.74) is 4.79. The van der Waals surface area contributed by atoms with Gasteiger partial charge in [0, 0.05) is 0 Å². The highest BCUT2D eigenvalue weighted by Crippen LogP contribution is 2.22. The van der Waals surface area contributed by atoms with Crippen LogP contribution in [-0.2, 0) is 4.79 Å². The fourth-order valence-electron chi connectivity index (χ4n) is 1.54. The molecule has 3 heteroatoms. The van der Waals surface area contributed by atoms with Crippen LogP contribution in [0.1, 0.15) is 19.3 Å². The molecule has 0 aliphatic carbocycles. The molecule has 3 nitrogen and oxygen atoms in total. The number of nitrogens with two attached hydrogens (primary N) is 1. The van der Waals surface area contributed by atoms with Crippen molar-refractivity contribution in [2.75, 3.05) is 6.54 Å².